The van der Waals surface area contributed by atoms with E-state index in [1.807, 2.05) is 0 Å². The van der Waals surface area contributed by atoms with E-state index in [0.717, 1.165) is 12.3 Å². The SMILES string of the molecule is CC(C)(CC(=O)O)Nc1ccc(S(C)(=O)=O)cc1[N+](=O)[O-]. The van der Waals surface area contributed by atoms with Gasteiger partial charge in [-0.15, -0.1) is 0 Å². The van der Waals surface area contributed by atoms with E-state index in [0.29, 0.717) is 0 Å². The fraction of sp³-hybridized carbons (Fsp3) is 0.417. The Hall–Kier alpha value is -2.16. The Labute approximate surface area is 121 Å². The molecule has 0 spiro atoms. The summed E-state index contributed by atoms with van der Waals surface area (Å²) in [6, 6.07) is 3.45. The molecule has 0 aliphatic carbocycles. The second-order valence-electron chi connectivity index (χ2n) is 5.29. The van der Waals surface area contributed by atoms with Crippen LogP contribution in [0, 0.1) is 10.1 Å². The molecule has 0 unspecified atom stereocenters. The van der Waals surface area contributed by atoms with E-state index in [9.17, 15) is 23.3 Å². The van der Waals surface area contributed by atoms with Crippen LogP contribution in [0.1, 0.15) is 20.3 Å². The number of nitrogens with one attached hydrogen (secondary N) is 1. The molecule has 0 aromatic heterocycles. The number of carboxylic acids is 1. The van der Waals surface area contributed by atoms with Crippen molar-refractivity contribution in [3.05, 3.63) is 28.3 Å². The number of hydrogen-bond donors (Lipinski definition) is 2. The lowest BCUT2D eigenvalue weighted by Gasteiger charge is -2.25. The topological polar surface area (TPSA) is 127 Å². The van der Waals surface area contributed by atoms with E-state index in [-0.39, 0.29) is 17.0 Å². The van der Waals surface area contributed by atoms with Crippen LogP contribution in [0.15, 0.2) is 23.1 Å². The number of carboxylic acid groups (broad SMARTS) is 1. The van der Waals surface area contributed by atoms with Gasteiger partial charge in [-0.3, -0.25) is 14.9 Å². The number of nitro benzene ring substituents is 1. The van der Waals surface area contributed by atoms with E-state index < -0.39 is 32.0 Å². The Morgan fingerprint density at radius 3 is 2.43 bits per heavy atom. The molecule has 0 radical (unpaired) electrons. The molecule has 0 atom stereocenters. The molecule has 0 aliphatic heterocycles. The van der Waals surface area contributed by atoms with E-state index >= 15 is 0 Å². The Balaban J connectivity index is 3.25. The van der Waals surface area contributed by atoms with Crippen LogP contribution in [-0.4, -0.2) is 36.2 Å². The molecule has 0 bridgehead atoms. The second kappa shape index (κ2) is 5.68. The molecule has 116 valence electrons. The zero-order valence-electron chi connectivity index (χ0n) is 11.8. The summed E-state index contributed by atoms with van der Waals surface area (Å²) in [6.07, 6.45) is 0.700. The van der Waals surface area contributed by atoms with Gasteiger partial charge in [-0.25, -0.2) is 8.42 Å². The third kappa shape index (κ3) is 4.71. The van der Waals surface area contributed by atoms with Crippen molar-refractivity contribution in [1.29, 1.82) is 0 Å². The molecular formula is C12H16N2O6S. The lowest BCUT2D eigenvalue weighted by Crippen LogP contribution is -2.33. The third-order valence-corrected chi connectivity index (χ3v) is 3.77. The fourth-order valence-electron chi connectivity index (χ4n) is 1.79. The Kier molecular flexibility index (Phi) is 4.57. The Bertz CT molecular complexity index is 681. The van der Waals surface area contributed by atoms with E-state index in [1.54, 1.807) is 13.8 Å². The average Bonchev–Trinajstić information content (AvgIpc) is 2.24. The van der Waals surface area contributed by atoms with Crippen LogP contribution in [0.5, 0.6) is 0 Å². The van der Waals surface area contributed by atoms with Crippen LogP contribution in [0.4, 0.5) is 11.4 Å². The van der Waals surface area contributed by atoms with Crippen molar-refractivity contribution in [2.24, 2.45) is 0 Å². The third-order valence-electron chi connectivity index (χ3n) is 2.66. The molecule has 9 heteroatoms. The van der Waals surface area contributed by atoms with Crippen LogP contribution in [0.25, 0.3) is 0 Å². The lowest BCUT2D eigenvalue weighted by atomic mass is 10.00. The maximum atomic E-state index is 11.4. The van der Waals surface area contributed by atoms with E-state index in [4.69, 9.17) is 5.11 Å². The molecule has 0 fully saturated rings. The fourth-order valence-corrected chi connectivity index (χ4v) is 2.43. The Morgan fingerprint density at radius 2 is 2.00 bits per heavy atom. The zero-order chi connectivity index (χ0) is 16.4. The van der Waals surface area contributed by atoms with Gasteiger partial charge in [0.15, 0.2) is 9.84 Å². The number of hydrogen-bond acceptors (Lipinski definition) is 6. The van der Waals surface area contributed by atoms with Crippen molar-refractivity contribution in [2.75, 3.05) is 11.6 Å². The predicted octanol–water partition coefficient (Wildman–Crippen LogP) is 1.66. The summed E-state index contributed by atoms with van der Waals surface area (Å²) in [5, 5.41) is 22.6. The molecule has 0 aliphatic rings. The molecule has 0 saturated heterocycles. The molecule has 1 aromatic carbocycles. The highest BCUT2D eigenvalue weighted by Crippen LogP contribution is 2.30. The van der Waals surface area contributed by atoms with Gasteiger partial charge in [0, 0.05) is 17.9 Å². The molecule has 0 amide bonds. The Morgan fingerprint density at radius 1 is 1.43 bits per heavy atom. The standard InChI is InChI=1S/C12H16N2O6S/c1-12(2,7-11(15)16)13-9-5-4-8(21(3,19)20)6-10(9)14(17)18/h4-6,13H,7H2,1-3H3,(H,15,16). The smallest absolute Gasteiger partial charge is 0.305 e. The molecule has 21 heavy (non-hydrogen) atoms. The van der Waals surface area contributed by atoms with Gasteiger partial charge < -0.3 is 10.4 Å². The number of sulfone groups is 1. The minimum absolute atomic E-state index is 0.0682. The van der Waals surface area contributed by atoms with Crippen molar-refractivity contribution in [2.45, 2.75) is 30.7 Å². The molecule has 0 saturated carbocycles. The molecule has 1 aromatic rings. The number of carbonyl (C=O) groups is 1. The summed E-state index contributed by atoms with van der Waals surface area (Å²) < 4.78 is 22.9. The minimum atomic E-state index is -3.56. The van der Waals surface area contributed by atoms with Crippen LogP contribution >= 0.6 is 0 Å². The first-order valence-corrected chi connectivity index (χ1v) is 7.80. The second-order valence-corrected chi connectivity index (χ2v) is 7.30. The number of nitro groups is 1. The van der Waals surface area contributed by atoms with E-state index in [1.165, 1.54) is 12.1 Å². The highest BCUT2D eigenvalue weighted by atomic mass is 32.2. The largest absolute Gasteiger partial charge is 0.481 e. The maximum Gasteiger partial charge on any atom is 0.305 e. The van der Waals surface area contributed by atoms with Gasteiger partial charge in [0.25, 0.3) is 5.69 Å². The van der Waals surface area contributed by atoms with Gasteiger partial charge in [-0.1, -0.05) is 0 Å². The molecule has 2 N–H and O–H groups in total. The molecule has 8 nitrogen and oxygen atoms in total. The van der Waals surface area contributed by atoms with Crippen LogP contribution in [0.2, 0.25) is 0 Å². The summed E-state index contributed by atoms with van der Waals surface area (Å²) in [5.41, 5.74) is -1.28. The number of aliphatic carboxylic acids is 1. The quantitative estimate of drug-likeness (QED) is 0.603. The normalized spacial score (nSPS) is 12.0. The lowest BCUT2D eigenvalue weighted by molar-refractivity contribution is -0.384. The number of anilines is 1. The van der Waals surface area contributed by atoms with Gasteiger partial charge in [0.05, 0.1) is 16.2 Å². The van der Waals surface area contributed by atoms with Crippen molar-refractivity contribution >= 4 is 27.2 Å². The zero-order valence-corrected chi connectivity index (χ0v) is 12.6. The van der Waals surface area contributed by atoms with Crippen molar-refractivity contribution in [1.82, 2.24) is 0 Å². The molecule has 1 rings (SSSR count). The predicted molar refractivity (Wildman–Crippen MR) is 76.2 cm³/mol. The molecular weight excluding hydrogens is 300 g/mol. The number of rotatable bonds is 6. The number of nitrogens with zero attached hydrogens (tertiary/aromatic N) is 1. The van der Waals surface area contributed by atoms with Crippen LogP contribution in [-0.2, 0) is 14.6 Å². The van der Waals surface area contributed by atoms with E-state index in [2.05, 4.69) is 5.32 Å². The minimum Gasteiger partial charge on any atom is -0.481 e. The van der Waals surface area contributed by atoms with Crippen LogP contribution in [0.3, 0.4) is 0 Å². The summed E-state index contributed by atoms with van der Waals surface area (Å²) in [7, 11) is -3.56. The maximum absolute atomic E-state index is 11.4. The van der Waals surface area contributed by atoms with Gasteiger partial charge in [-0.2, -0.15) is 0 Å². The summed E-state index contributed by atoms with van der Waals surface area (Å²) in [6.45, 7) is 3.16. The summed E-state index contributed by atoms with van der Waals surface area (Å²) in [5.74, 6) is -1.05. The highest BCUT2D eigenvalue weighted by molar-refractivity contribution is 7.90. The van der Waals surface area contributed by atoms with Gasteiger partial charge in [0.2, 0.25) is 0 Å². The first kappa shape index (κ1) is 16.9. The molecule has 0 heterocycles. The first-order valence-electron chi connectivity index (χ1n) is 5.91. The van der Waals surface area contributed by atoms with Gasteiger partial charge >= 0.3 is 5.97 Å². The summed E-state index contributed by atoms with van der Waals surface area (Å²) in [4.78, 5) is 20.9. The van der Waals surface area contributed by atoms with Crippen molar-refractivity contribution in [3.8, 4) is 0 Å². The summed E-state index contributed by atoms with van der Waals surface area (Å²) >= 11 is 0. The average molecular weight is 316 g/mol. The highest BCUT2D eigenvalue weighted by Gasteiger charge is 2.26. The van der Waals surface area contributed by atoms with Gasteiger partial charge in [0.1, 0.15) is 5.69 Å². The van der Waals surface area contributed by atoms with Crippen molar-refractivity contribution < 1.29 is 23.2 Å². The van der Waals surface area contributed by atoms with Gasteiger partial charge in [-0.05, 0) is 26.0 Å². The monoisotopic (exact) mass is 316 g/mol. The number of benzene rings is 1. The first-order chi connectivity index (χ1) is 9.42. The van der Waals surface area contributed by atoms with Crippen LogP contribution < -0.4 is 5.32 Å². The van der Waals surface area contributed by atoms with Crippen molar-refractivity contribution in [3.63, 3.8) is 0 Å².